The summed E-state index contributed by atoms with van der Waals surface area (Å²) >= 11 is 0. The zero-order valence-corrected chi connectivity index (χ0v) is 9.46. The molecule has 0 heterocycles. The normalized spacial score (nSPS) is 12.2. The first-order chi connectivity index (χ1) is 7.58. The quantitative estimate of drug-likeness (QED) is 0.818. The van der Waals surface area contributed by atoms with E-state index in [1.165, 1.54) is 18.2 Å². The van der Waals surface area contributed by atoms with Crippen molar-refractivity contribution in [1.29, 1.82) is 0 Å². The predicted molar refractivity (Wildman–Crippen MR) is 59.8 cm³/mol. The lowest BCUT2D eigenvalue weighted by Crippen LogP contribution is -2.37. The Labute approximate surface area is 94.3 Å². The topological polar surface area (TPSA) is 49.3 Å². The monoisotopic (exact) mass is 225 g/mol. The van der Waals surface area contributed by atoms with Crippen LogP contribution in [0.5, 0.6) is 0 Å². The van der Waals surface area contributed by atoms with Crippen molar-refractivity contribution in [2.24, 2.45) is 0 Å². The van der Waals surface area contributed by atoms with Gasteiger partial charge in [0.05, 0.1) is 12.6 Å². The maximum Gasteiger partial charge on any atom is 0.251 e. The Morgan fingerprint density at radius 3 is 2.75 bits per heavy atom. The fraction of sp³-hybridized carbons (Fsp3) is 0.417. The largest absolute Gasteiger partial charge is 0.394 e. The van der Waals surface area contributed by atoms with Crippen molar-refractivity contribution in [3.8, 4) is 0 Å². The second kappa shape index (κ2) is 5.61. The fourth-order valence-electron chi connectivity index (χ4n) is 1.42. The number of aliphatic hydroxyl groups is 1. The summed E-state index contributed by atoms with van der Waals surface area (Å²) in [4.78, 5) is 11.8. The molecule has 1 rings (SSSR count). The van der Waals surface area contributed by atoms with E-state index in [0.29, 0.717) is 17.5 Å². The molecule has 0 radical (unpaired) electrons. The van der Waals surface area contributed by atoms with Gasteiger partial charge in [0.15, 0.2) is 0 Å². The van der Waals surface area contributed by atoms with Crippen LogP contribution in [0.1, 0.15) is 29.3 Å². The van der Waals surface area contributed by atoms with E-state index in [0.717, 1.165) is 0 Å². The Bertz CT molecular complexity index is 375. The number of hydrogen-bond donors (Lipinski definition) is 2. The number of aliphatic hydroxyl groups excluding tert-OH is 1. The van der Waals surface area contributed by atoms with Gasteiger partial charge in [0.2, 0.25) is 0 Å². The Balaban J connectivity index is 2.80. The number of halogens is 1. The molecule has 0 aromatic heterocycles. The minimum atomic E-state index is -0.358. The second-order valence-electron chi connectivity index (χ2n) is 3.72. The third-order valence-electron chi connectivity index (χ3n) is 2.48. The van der Waals surface area contributed by atoms with Gasteiger partial charge in [-0.15, -0.1) is 0 Å². The van der Waals surface area contributed by atoms with E-state index in [9.17, 15) is 9.18 Å². The van der Waals surface area contributed by atoms with Gasteiger partial charge in [-0.25, -0.2) is 4.39 Å². The van der Waals surface area contributed by atoms with Crippen LogP contribution in [0, 0.1) is 12.7 Å². The molecule has 16 heavy (non-hydrogen) atoms. The molecule has 0 bridgehead atoms. The predicted octanol–water partition coefficient (Wildman–Crippen LogP) is 1.63. The van der Waals surface area contributed by atoms with E-state index < -0.39 is 0 Å². The molecule has 0 spiro atoms. The maximum absolute atomic E-state index is 12.8. The molecule has 1 atom stereocenters. The maximum atomic E-state index is 12.8. The molecule has 1 aromatic rings. The summed E-state index contributed by atoms with van der Waals surface area (Å²) in [5, 5.41) is 11.6. The molecule has 88 valence electrons. The van der Waals surface area contributed by atoms with Crippen molar-refractivity contribution in [2.45, 2.75) is 26.3 Å². The lowest BCUT2D eigenvalue weighted by atomic mass is 10.1. The number of amides is 1. The molecule has 0 aliphatic rings. The molecule has 0 saturated carbocycles. The van der Waals surface area contributed by atoms with Gasteiger partial charge in [-0.2, -0.15) is 0 Å². The van der Waals surface area contributed by atoms with Crippen molar-refractivity contribution >= 4 is 5.91 Å². The number of carbonyl (C=O) groups is 1. The zero-order chi connectivity index (χ0) is 12.1. The fourth-order valence-corrected chi connectivity index (χ4v) is 1.42. The summed E-state index contributed by atoms with van der Waals surface area (Å²) in [5.74, 6) is -0.637. The standard InChI is InChI=1S/C12H16FNO2/c1-3-10(7-15)14-12(16)11-5-4-9(13)6-8(11)2/h4-6,10,15H,3,7H2,1-2H3,(H,14,16)/t10-/m1/s1. The molecule has 0 aliphatic heterocycles. The highest BCUT2D eigenvalue weighted by Crippen LogP contribution is 2.10. The minimum absolute atomic E-state index is 0.0948. The van der Waals surface area contributed by atoms with Crippen molar-refractivity contribution in [3.05, 3.63) is 35.1 Å². The van der Waals surface area contributed by atoms with E-state index in [-0.39, 0.29) is 24.4 Å². The van der Waals surface area contributed by atoms with Crippen LogP contribution in [0.15, 0.2) is 18.2 Å². The molecular formula is C12H16FNO2. The van der Waals surface area contributed by atoms with Crippen LogP contribution in [0.4, 0.5) is 4.39 Å². The molecule has 3 nitrogen and oxygen atoms in total. The van der Waals surface area contributed by atoms with Crippen molar-refractivity contribution < 1.29 is 14.3 Å². The first kappa shape index (κ1) is 12.6. The van der Waals surface area contributed by atoms with Crippen LogP contribution in [-0.4, -0.2) is 23.7 Å². The van der Waals surface area contributed by atoms with Gasteiger partial charge >= 0.3 is 0 Å². The van der Waals surface area contributed by atoms with Gasteiger partial charge in [-0.1, -0.05) is 6.92 Å². The van der Waals surface area contributed by atoms with Gasteiger partial charge in [0, 0.05) is 5.56 Å². The Morgan fingerprint density at radius 2 is 2.25 bits per heavy atom. The van der Waals surface area contributed by atoms with Crippen LogP contribution in [0.25, 0.3) is 0 Å². The van der Waals surface area contributed by atoms with Gasteiger partial charge in [0.1, 0.15) is 5.82 Å². The second-order valence-corrected chi connectivity index (χ2v) is 3.72. The van der Waals surface area contributed by atoms with E-state index in [4.69, 9.17) is 5.11 Å². The lowest BCUT2D eigenvalue weighted by Gasteiger charge is -2.14. The number of nitrogens with one attached hydrogen (secondary N) is 1. The molecule has 1 aromatic carbocycles. The molecule has 2 N–H and O–H groups in total. The molecule has 0 unspecified atom stereocenters. The van der Waals surface area contributed by atoms with Gasteiger partial charge in [-0.05, 0) is 37.1 Å². The van der Waals surface area contributed by atoms with E-state index in [1.807, 2.05) is 6.92 Å². The molecule has 4 heteroatoms. The van der Waals surface area contributed by atoms with Crippen molar-refractivity contribution in [3.63, 3.8) is 0 Å². The lowest BCUT2D eigenvalue weighted by molar-refractivity contribution is 0.0914. The summed E-state index contributed by atoms with van der Waals surface area (Å²) < 4.78 is 12.8. The molecular weight excluding hydrogens is 209 g/mol. The minimum Gasteiger partial charge on any atom is -0.394 e. The average molecular weight is 225 g/mol. The molecule has 0 aliphatic carbocycles. The highest BCUT2D eigenvalue weighted by Gasteiger charge is 2.13. The number of benzene rings is 1. The summed E-state index contributed by atoms with van der Waals surface area (Å²) in [5.41, 5.74) is 1.03. The Hall–Kier alpha value is -1.42. The number of carbonyl (C=O) groups excluding carboxylic acids is 1. The number of hydrogen-bond acceptors (Lipinski definition) is 2. The van der Waals surface area contributed by atoms with Crippen LogP contribution in [0.2, 0.25) is 0 Å². The summed E-state index contributed by atoms with van der Waals surface area (Å²) in [6.07, 6.45) is 0.655. The van der Waals surface area contributed by atoms with Crippen LogP contribution < -0.4 is 5.32 Å². The van der Waals surface area contributed by atoms with E-state index >= 15 is 0 Å². The summed E-state index contributed by atoms with van der Waals surface area (Å²) in [7, 11) is 0. The molecule has 1 amide bonds. The van der Waals surface area contributed by atoms with Crippen LogP contribution in [-0.2, 0) is 0 Å². The third kappa shape index (κ3) is 3.03. The Morgan fingerprint density at radius 1 is 1.56 bits per heavy atom. The first-order valence-corrected chi connectivity index (χ1v) is 5.26. The SMILES string of the molecule is CC[C@H](CO)NC(=O)c1ccc(F)cc1C. The zero-order valence-electron chi connectivity index (χ0n) is 9.46. The Kier molecular flexibility index (Phi) is 4.43. The van der Waals surface area contributed by atoms with E-state index in [2.05, 4.69) is 5.32 Å². The van der Waals surface area contributed by atoms with E-state index in [1.54, 1.807) is 6.92 Å². The smallest absolute Gasteiger partial charge is 0.251 e. The summed E-state index contributed by atoms with van der Waals surface area (Å²) in [6.45, 7) is 3.46. The molecule has 0 fully saturated rings. The number of aryl methyl sites for hydroxylation is 1. The summed E-state index contributed by atoms with van der Waals surface area (Å²) in [6, 6.07) is 3.76. The highest BCUT2D eigenvalue weighted by molar-refractivity contribution is 5.95. The number of rotatable bonds is 4. The van der Waals surface area contributed by atoms with Gasteiger partial charge in [0.25, 0.3) is 5.91 Å². The van der Waals surface area contributed by atoms with Gasteiger partial charge in [-0.3, -0.25) is 4.79 Å². The van der Waals surface area contributed by atoms with Crippen molar-refractivity contribution in [1.82, 2.24) is 5.32 Å². The average Bonchev–Trinajstić information content (AvgIpc) is 2.25. The molecule has 0 saturated heterocycles. The van der Waals surface area contributed by atoms with Crippen LogP contribution >= 0.6 is 0 Å². The first-order valence-electron chi connectivity index (χ1n) is 5.26. The van der Waals surface area contributed by atoms with Crippen molar-refractivity contribution in [2.75, 3.05) is 6.61 Å². The highest BCUT2D eigenvalue weighted by atomic mass is 19.1. The third-order valence-corrected chi connectivity index (χ3v) is 2.48. The van der Waals surface area contributed by atoms with Crippen LogP contribution in [0.3, 0.4) is 0 Å². The van der Waals surface area contributed by atoms with Gasteiger partial charge < -0.3 is 10.4 Å².